The average molecular weight is 512 g/mol. The Morgan fingerprint density at radius 1 is 0.857 bits per heavy atom. The number of carbonyl (C=O) groups excluding carboxylic acids is 2. The molecule has 7 nitrogen and oxygen atoms in total. The number of thiocarbonyl (C=S) groups is 1. The molecule has 3 aromatic rings. The number of hydrogen-bond acceptors (Lipinski definition) is 5. The van der Waals surface area contributed by atoms with E-state index in [1.54, 1.807) is 54.6 Å². The molecule has 0 aliphatic heterocycles. The van der Waals surface area contributed by atoms with E-state index in [4.69, 9.17) is 22.7 Å². The summed E-state index contributed by atoms with van der Waals surface area (Å²) >= 11 is 5.29. The summed E-state index contributed by atoms with van der Waals surface area (Å²) in [5.74, 6) is -0.169. The summed E-state index contributed by atoms with van der Waals surface area (Å²) in [6.07, 6.45) is 0. The van der Waals surface area contributed by atoms with Crippen molar-refractivity contribution in [2.75, 3.05) is 23.5 Å². The fraction of sp³-hybridized carbons (Fsp3) is 0.192. The van der Waals surface area contributed by atoms with Crippen molar-refractivity contribution in [2.24, 2.45) is 0 Å². The number of rotatable bonds is 5. The second-order valence-electron chi connectivity index (χ2n) is 8.73. The van der Waals surface area contributed by atoms with E-state index in [0.717, 1.165) is 5.56 Å². The number of nitrogens with two attached hydrogens (primary N) is 1. The lowest BCUT2D eigenvalue weighted by molar-refractivity contribution is -0.0000232. The molecule has 0 fully saturated rings. The van der Waals surface area contributed by atoms with Crippen LogP contribution >= 0.6 is 12.2 Å². The van der Waals surface area contributed by atoms with Crippen LogP contribution in [0, 0.1) is 0 Å². The van der Waals surface area contributed by atoms with Gasteiger partial charge in [-0.05, 0) is 71.7 Å². The van der Waals surface area contributed by atoms with Crippen LogP contribution < -0.4 is 38.8 Å². The van der Waals surface area contributed by atoms with Crippen molar-refractivity contribution < 1.29 is 26.7 Å². The summed E-state index contributed by atoms with van der Waals surface area (Å²) in [6.45, 7) is 6.35. The summed E-state index contributed by atoms with van der Waals surface area (Å²) in [7, 11) is 1.50. The van der Waals surface area contributed by atoms with Gasteiger partial charge in [-0.3, -0.25) is 14.9 Å². The fourth-order valence-electron chi connectivity index (χ4n) is 3.16. The number of benzene rings is 3. The zero-order chi connectivity index (χ0) is 24.9. The number of amides is 2. The highest BCUT2D eigenvalue weighted by Gasteiger charge is 2.15. The number of nitrogen functional groups attached to an aromatic ring is 1. The highest BCUT2D eigenvalue weighted by molar-refractivity contribution is 7.80. The van der Waals surface area contributed by atoms with Crippen LogP contribution in [0.3, 0.4) is 0 Å². The molecule has 0 heterocycles. The number of anilines is 3. The van der Waals surface area contributed by atoms with Crippen molar-refractivity contribution in [1.29, 1.82) is 0 Å². The number of carbonyl (C=O) groups is 2. The van der Waals surface area contributed by atoms with Gasteiger partial charge in [0.1, 0.15) is 5.75 Å². The molecule has 0 unspecified atom stereocenters. The maximum absolute atomic E-state index is 12.5. The Hall–Kier alpha value is -3.62. The zero-order valence-electron chi connectivity index (χ0n) is 19.9. The molecule has 0 radical (unpaired) electrons. The van der Waals surface area contributed by atoms with Crippen LogP contribution in [-0.2, 0) is 5.41 Å². The smallest absolute Gasteiger partial charge is 0.257 e. The quantitative estimate of drug-likeness (QED) is 0.308. The van der Waals surface area contributed by atoms with Crippen LogP contribution in [0.5, 0.6) is 5.75 Å². The monoisotopic (exact) mass is 511 g/mol. The van der Waals surface area contributed by atoms with Gasteiger partial charge in [-0.2, -0.15) is 0 Å². The molecule has 5 N–H and O–H groups in total. The largest absolute Gasteiger partial charge is 1.00 e. The van der Waals surface area contributed by atoms with Gasteiger partial charge in [0, 0.05) is 28.6 Å². The Morgan fingerprint density at radius 2 is 1.43 bits per heavy atom. The SMILES string of the molecule is COc1cc(NC(=S)NC(=O)c2ccc(C(C)(C)C)cc2)ccc1NC(=O)c1ccc(N)cc1.[Cl-]. The highest BCUT2D eigenvalue weighted by atomic mass is 35.5. The van der Waals surface area contributed by atoms with Crippen LogP contribution in [0.4, 0.5) is 17.1 Å². The molecule has 0 aliphatic carbocycles. The zero-order valence-corrected chi connectivity index (χ0v) is 21.5. The minimum absolute atomic E-state index is 0. The fourth-order valence-corrected chi connectivity index (χ4v) is 3.37. The van der Waals surface area contributed by atoms with Crippen molar-refractivity contribution in [3.8, 4) is 5.75 Å². The normalized spacial score (nSPS) is 10.5. The molecule has 0 saturated carbocycles. The molecule has 0 aliphatic rings. The van der Waals surface area contributed by atoms with E-state index in [9.17, 15) is 9.59 Å². The highest BCUT2D eigenvalue weighted by Crippen LogP contribution is 2.28. The van der Waals surface area contributed by atoms with Gasteiger partial charge < -0.3 is 33.5 Å². The number of halogens is 1. The van der Waals surface area contributed by atoms with Gasteiger partial charge >= 0.3 is 0 Å². The second-order valence-corrected chi connectivity index (χ2v) is 9.14. The molecule has 184 valence electrons. The Balaban J connectivity index is 0.00000432. The van der Waals surface area contributed by atoms with Gasteiger partial charge in [0.2, 0.25) is 0 Å². The summed E-state index contributed by atoms with van der Waals surface area (Å²) in [4.78, 5) is 25.0. The van der Waals surface area contributed by atoms with E-state index < -0.39 is 0 Å². The summed E-state index contributed by atoms with van der Waals surface area (Å²) in [6, 6.07) is 19.1. The van der Waals surface area contributed by atoms with Crippen molar-refractivity contribution in [1.82, 2.24) is 5.32 Å². The van der Waals surface area contributed by atoms with Crippen LogP contribution in [0.2, 0.25) is 0 Å². The van der Waals surface area contributed by atoms with Crippen LogP contribution in [0.15, 0.2) is 66.7 Å². The number of methoxy groups -OCH3 is 1. The lowest BCUT2D eigenvalue weighted by Crippen LogP contribution is -3.00. The molecule has 0 aromatic heterocycles. The third kappa shape index (κ3) is 7.43. The summed E-state index contributed by atoms with van der Waals surface area (Å²) in [5, 5.41) is 8.59. The van der Waals surface area contributed by atoms with Crippen molar-refractivity contribution in [2.45, 2.75) is 26.2 Å². The first-order valence-corrected chi connectivity index (χ1v) is 11.1. The van der Waals surface area contributed by atoms with Crippen LogP contribution in [-0.4, -0.2) is 24.0 Å². The number of hydrogen-bond donors (Lipinski definition) is 4. The Labute approximate surface area is 216 Å². The molecule has 3 rings (SSSR count). The molecule has 0 bridgehead atoms. The van der Waals surface area contributed by atoms with Gasteiger partial charge in [0.25, 0.3) is 11.8 Å². The van der Waals surface area contributed by atoms with E-state index in [1.807, 2.05) is 12.1 Å². The van der Waals surface area contributed by atoms with E-state index in [1.165, 1.54) is 7.11 Å². The first-order chi connectivity index (χ1) is 16.1. The van der Waals surface area contributed by atoms with E-state index in [0.29, 0.717) is 33.9 Å². The van der Waals surface area contributed by atoms with Gasteiger partial charge in [0.05, 0.1) is 12.8 Å². The molecular weight excluding hydrogens is 484 g/mol. The van der Waals surface area contributed by atoms with Gasteiger partial charge in [0.15, 0.2) is 5.11 Å². The predicted molar refractivity (Wildman–Crippen MR) is 141 cm³/mol. The first kappa shape index (κ1) is 27.6. The molecule has 0 atom stereocenters. The standard InChI is InChI=1S/C26H28N4O3S.ClH/c1-26(2,3)18-9-5-16(6-10-18)24(32)30-25(34)28-20-13-14-21(22(15-20)33-4)29-23(31)17-7-11-19(27)12-8-17;/h5-15H,27H2,1-4H3,(H,29,31)(H2,28,30,32,34);1H/p-1. The third-order valence-electron chi connectivity index (χ3n) is 5.12. The van der Waals surface area contributed by atoms with Crippen LogP contribution in [0.25, 0.3) is 0 Å². The number of ether oxygens (including phenoxy) is 1. The van der Waals surface area contributed by atoms with E-state index >= 15 is 0 Å². The maximum atomic E-state index is 12.5. The summed E-state index contributed by atoms with van der Waals surface area (Å²) in [5.41, 5.74) is 9.46. The second kappa shape index (κ2) is 11.7. The lowest BCUT2D eigenvalue weighted by atomic mass is 9.87. The summed E-state index contributed by atoms with van der Waals surface area (Å²) < 4.78 is 5.41. The Morgan fingerprint density at radius 3 is 2.00 bits per heavy atom. The number of nitrogens with one attached hydrogen (secondary N) is 3. The molecule has 3 aromatic carbocycles. The minimum Gasteiger partial charge on any atom is -1.00 e. The van der Waals surface area contributed by atoms with E-state index in [-0.39, 0.29) is 34.7 Å². The van der Waals surface area contributed by atoms with Gasteiger partial charge in [-0.15, -0.1) is 0 Å². The van der Waals surface area contributed by atoms with Crippen molar-refractivity contribution in [3.63, 3.8) is 0 Å². The topological polar surface area (TPSA) is 105 Å². The Bertz CT molecular complexity index is 1210. The molecule has 0 spiro atoms. The molecule has 2 amide bonds. The predicted octanol–water partition coefficient (Wildman–Crippen LogP) is 1.96. The van der Waals surface area contributed by atoms with Crippen molar-refractivity contribution in [3.05, 3.63) is 83.4 Å². The first-order valence-electron chi connectivity index (χ1n) is 10.6. The minimum atomic E-state index is -0.308. The van der Waals surface area contributed by atoms with E-state index in [2.05, 4.69) is 36.7 Å². The van der Waals surface area contributed by atoms with Gasteiger partial charge in [-0.1, -0.05) is 32.9 Å². The molecule has 35 heavy (non-hydrogen) atoms. The third-order valence-corrected chi connectivity index (χ3v) is 5.32. The average Bonchev–Trinajstić information content (AvgIpc) is 2.79. The van der Waals surface area contributed by atoms with Crippen LogP contribution in [0.1, 0.15) is 47.1 Å². The Kier molecular flexibility index (Phi) is 9.22. The van der Waals surface area contributed by atoms with Crippen molar-refractivity contribution >= 4 is 46.2 Å². The molecule has 9 heteroatoms. The lowest BCUT2D eigenvalue weighted by Gasteiger charge is -2.19. The molecular formula is C26H28ClN4O3S-. The van der Waals surface area contributed by atoms with Gasteiger partial charge in [-0.25, -0.2) is 0 Å². The maximum Gasteiger partial charge on any atom is 0.257 e. The molecule has 0 saturated heterocycles.